The summed E-state index contributed by atoms with van der Waals surface area (Å²) in [4.78, 5) is 21.1. The van der Waals surface area contributed by atoms with Crippen LogP contribution in [0.5, 0.6) is 0 Å². The molecule has 0 bridgehead atoms. The molecule has 10 nitrogen and oxygen atoms in total. The summed E-state index contributed by atoms with van der Waals surface area (Å²) in [5.41, 5.74) is 2.84. The topological polar surface area (TPSA) is 140 Å². The zero-order chi connectivity index (χ0) is 25.9. The highest BCUT2D eigenvalue weighted by atomic mass is 32.1. The Bertz CT molecular complexity index is 1120. The van der Waals surface area contributed by atoms with Crippen molar-refractivity contribution in [1.29, 1.82) is 0 Å². The largest absolute Gasteiger partial charge is 0.479 e. The Morgan fingerprint density at radius 1 is 1.06 bits per heavy atom. The number of aliphatic hydroxyl groups is 2. The van der Waals surface area contributed by atoms with Crippen LogP contribution in [0.1, 0.15) is 18.1 Å². The van der Waals surface area contributed by atoms with Crippen LogP contribution in [0.4, 0.5) is 22.9 Å². The molecule has 0 radical (unpaired) electrons. The molecule has 5 N–H and O–H groups in total. The van der Waals surface area contributed by atoms with Gasteiger partial charge in [0, 0.05) is 36.2 Å². The fourth-order valence-corrected chi connectivity index (χ4v) is 3.92. The maximum Gasteiger partial charge on any atom is 0.337 e. The van der Waals surface area contributed by atoms with Gasteiger partial charge in [0.1, 0.15) is 12.5 Å². The highest BCUT2D eigenvalue weighted by molar-refractivity contribution is 7.80. The van der Waals surface area contributed by atoms with Gasteiger partial charge in [0.2, 0.25) is 0 Å². The van der Waals surface area contributed by atoms with E-state index in [1.54, 1.807) is 30.3 Å². The molecule has 2 aromatic carbocycles. The molecule has 0 aliphatic heterocycles. The highest BCUT2D eigenvalue weighted by Crippen LogP contribution is 2.22. The Kier molecular flexibility index (Phi) is 10.6. The van der Waals surface area contributed by atoms with Gasteiger partial charge in [-0.2, -0.15) is 0 Å². The summed E-state index contributed by atoms with van der Waals surface area (Å²) in [7, 11) is 0. The van der Waals surface area contributed by atoms with Crippen LogP contribution in [0.2, 0.25) is 0 Å². The maximum absolute atomic E-state index is 10.9. The second kappa shape index (κ2) is 13.9. The van der Waals surface area contributed by atoms with Crippen molar-refractivity contribution < 1.29 is 24.9 Å². The third-order valence-electron chi connectivity index (χ3n) is 5.11. The zero-order valence-corrected chi connectivity index (χ0v) is 21.2. The first-order valence-electron chi connectivity index (χ1n) is 11.2. The molecular formula is C24H29N5O5S2. The number of hydrogen-bond donors (Lipinski definition) is 7. The average molecular weight is 532 g/mol. The van der Waals surface area contributed by atoms with Gasteiger partial charge in [0.25, 0.3) is 0 Å². The lowest BCUT2D eigenvalue weighted by molar-refractivity contribution is -0.146. The van der Waals surface area contributed by atoms with E-state index in [0.29, 0.717) is 54.4 Å². The molecule has 0 amide bonds. The quantitative estimate of drug-likeness (QED) is 0.0545. The van der Waals surface area contributed by atoms with Crippen molar-refractivity contribution in [2.75, 3.05) is 48.6 Å². The highest BCUT2D eigenvalue weighted by Gasteiger charge is 2.16. The van der Waals surface area contributed by atoms with E-state index in [-0.39, 0.29) is 6.61 Å². The number of aliphatic carboxylic acids is 1. The Labute approximate surface area is 220 Å². The SMILES string of the molecule is O=C(O)C(O)c1ccc(N(CCO)CCCOCNc2cccc(Nc3cc(S)nc(S)n3)c2)cc1. The lowest BCUT2D eigenvalue weighted by atomic mass is 10.1. The van der Waals surface area contributed by atoms with Gasteiger partial charge in [0.15, 0.2) is 11.3 Å². The smallest absolute Gasteiger partial charge is 0.337 e. The molecule has 1 unspecified atom stereocenters. The number of carbonyl (C=O) groups is 1. The van der Waals surface area contributed by atoms with E-state index in [2.05, 4.69) is 45.9 Å². The van der Waals surface area contributed by atoms with E-state index in [4.69, 9.17) is 9.84 Å². The van der Waals surface area contributed by atoms with Crippen molar-refractivity contribution in [2.45, 2.75) is 22.7 Å². The van der Waals surface area contributed by atoms with Crippen molar-refractivity contribution in [3.8, 4) is 0 Å². The number of carboxylic acid groups (broad SMARTS) is 1. The van der Waals surface area contributed by atoms with Gasteiger partial charge in [-0.25, -0.2) is 14.8 Å². The second-order valence-corrected chi connectivity index (χ2v) is 8.60. The number of anilines is 4. The number of carboxylic acids is 1. The average Bonchev–Trinajstić information content (AvgIpc) is 2.84. The molecule has 1 heterocycles. The number of nitrogens with zero attached hydrogens (tertiary/aromatic N) is 3. The van der Waals surface area contributed by atoms with Crippen molar-refractivity contribution in [3.63, 3.8) is 0 Å². The van der Waals surface area contributed by atoms with Crippen LogP contribution in [-0.4, -0.2) is 64.3 Å². The molecule has 0 fully saturated rings. The monoisotopic (exact) mass is 531 g/mol. The van der Waals surface area contributed by atoms with Crippen LogP contribution >= 0.6 is 25.3 Å². The maximum atomic E-state index is 10.9. The first-order chi connectivity index (χ1) is 17.4. The van der Waals surface area contributed by atoms with Crippen LogP contribution in [0, 0.1) is 0 Å². The summed E-state index contributed by atoms with van der Waals surface area (Å²) in [5, 5.41) is 35.2. The van der Waals surface area contributed by atoms with E-state index in [0.717, 1.165) is 17.1 Å². The van der Waals surface area contributed by atoms with Gasteiger partial charge < -0.3 is 35.6 Å². The van der Waals surface area contributed by atoms with Crippen molar-refractivity contribution in [3.05, 3.63) is 60.2 Å². The molecule has 1 aromatic heterocycles. The van der Waals surface area contributed by atoms with Crippen LogP contribution in [0.15, 0.2) is 64.8 Å². The summed E-state index contributed by atoms with van der Waals surface area (Å²) in [5.74, 6) is -0.706. The molecule has 0 spiro atoms. The van der Waals surface area contributed by atoms with Gasteiger partial charge in [-0.1, -0.05) is 18.2 Å². The van der Waals surface area contributed by atoms with E-state index >= 15 is 0 Å². The lowest BCUT2D eigenvalue weighted by Gasteiger charge is -2.24. The molecule has 36 heavy (non-hydrogen) atoms. The molecule has 0 saturated carbocycles. The molecule has 12 heteroatoms. The standard InChI is InChI=1S/C24H29N5O5S2/c30-11-10-29(19-7-5-16(6-8-19)22(31)23(32)33)9-2-12-34-15-25-17-3-1-4-18(13-17)26-20-14-21(35)28-24(36)27-20/h1,3-8,13-14,22,25,30-31H,2,9-12,15H2,(H,32,33)(H3,26,27,28,35,36). The number of nitrogens with one attached hydrogen (secondary N) is 2. The number of benzene rings is 2. The normalized spacial score (nSPS) is 11.7. The zero-order valence-electron chi connectivity index (χ0n) is 19.4. The predicted octanol–water partition coefficient (Wildman–Crippen LogP) is 3.19. The minimum Gasteiger partial charge on any atom is -0.479 e. The number of rotatable bonds is 14. The molecule has 3 rings (SSSR count). The Morgan fingerprint density at radius 3 is 2.50 bits per heavy atom. The van der Waals surface area contributed by atoms with Crippen LogP contribution in [0.3, 0.4) is 0 Å². The third kappa shape index (κ3) is 8.57. The fraction of sp³-hybridized carbons (Fsp3) is 0.292. The molecule has 0 aliphatic carbocycles. The van der Waals surface area contributed by atoms with E-state index in [1.165, 1.54) is 0 Å². The Morgan fingerprint density at radius 2 is 1.81 bits per heavy atom. The summed E-state index contributed by atoms with van der Waals surface area (Å²) in [6, 6.07) is 16.0. The predicted molar refractivity (Wildman–Crippen MR) is 144 cm³/mol. The van der Waals surface area contributed by atoms with Gasteiger partial charge >= 0.3 is 5.97 Å². The van der Waals surface area contributed by atoms with E-state index in [1.807, 2.05) is 29.2 Å². The summed E-state index contributed by atoms with van der Waals surface area (Å²) in [6.07, 6.45) is -0.842. The number of hydrogen-bond acceptors (Lipinski definition) is 11. The lowest BCUT2D eigenvalue weighted by Crippen LogP contribution is -2.28. The van der Waals surface area contributed by atoms with Crippen LogP contribution < -0.4 is 15.5 Å². The molecular weight excluding hydrogens is 502 g/mol. The first kappa shape index (κ1) is 27.6. The van der Waals surface area contributed by atoms with E-state index in [9.17, 15) is 15.0 Å². The number of ether oxygens (including phenoxy) is 1. The van der Waals surface area contributed by atoms with Gasteiger partial charge in [-0.15, -0.1) is 25.3 Å². The van der Waals surface area contributed by atoms with Gasteiger partial charge in [-0.05, 0) is 42.3 Å². The summed E-state index contributed by atoms with van der Waals surface area (Å²) >= 11 is 8.40. The minimum atomic E-state index is -1.56. The van der Waals surface area contributed by atoms with Crippen LogP contribution in [-0.2, 0) is 9.53 Å². The van der Waals surface area contributed by atoms with Crippen molar-refractivity contribution in [1.82, 2.24) is 9.97 Å². The van der Waals surface area contributed by atoms with Gasteiger partial charge in [0.05, 0.1) is 18.2 Å². The first-order valence-corrected chi connectivity index (χ1v) is 12.1. The number of aromatic nitrogens is 2. The summed E-state index contributed by atoms with van der Waals surface area (Å²) in [6.45, 7) is 1.86. The van der Waals surface area contributed by atoms with Crippen LogP contribution in [0.25, 0.3) is 0 Å². The Hall–Kier alpha value is -3.03. The molecule has 0 aliphatic rings. The Balaban J connectivity index is 1.43. The van der Waals surface area contributed by atoms with E-state index < -0.39 is 12.1 Å². The molecule has 0 saturated heterocycles. The van der Waals surface area contributed by atoms with Crippen molar-refractivity contribution >= 4 is 54.1 Å². The molecule has 192 valence electrons. The summed E-state index contributed by atoms with van der Waals surface area (Å²) < 4.78 is 5.71. The van der Waals surface area contributed by atoms with Crippen molar-refractivity contribution in [2.24, 2.45) is 0 Å². The minimum absolute atomic E-state index is 0.0219. The number of thiol groups is 2. The van der Waals surface area contributed by atoms with Gasteiger partial charge in [-0.3, -0.25) is 0 Å². The number of aliphatic hydroxyl groups excluding tert-OH is 2. The second-order valence-electron chi connectivity index (χ2n) is 7.74. The fourth-order valence-electron chi connectivity index (χ4n) is 3.41. The molecule has 3 aromatic rings. The third-order valence-corrected chi connectivity index (χ3v) is 5.54. The molecule has 1 atom stereocenters.